The summed E-state index contributed by atoms with van der Waals surface area (Å²) in [6.45, 7) is 0.680. The molecule has 1 aliphatic rings. The van der Waals surface area contributed by atoms with Crippen LogP contribution in [0.1, 0.15) is 18.1 Å². The highest BCUT2D eigenvalue weighted by Gasteiger charge is 2.55. The molecule has 0 aliphatic carbocycles. The minimum absolute atomic E-state index is 0.0299. The van der Waals surface area contributed by atoms with Gasteiger partial charge >= 0.3 is 0 Å². The summed E-state index contributed by atoms with van der Waals surface area (Å²) in [6, 6.07) is 7.39. The third-order valence-corrected chi connectivity index (χ3v) is 3.69. The van der Waals surface area contributed by atoms with Crippen molar-refractivity contribution in [1.82, 2.24) is 4.98 Å². The van der Waals surface area contributed by atoms with Crippen LogP contribution in [0.2, 0.25) is 5.02 Å². The summed E-state index contributed by atoms with van der Waals surface area (Å²) in [5, 5.41) is 14.0. The second kappa shape index (κ2) is 4.14. The van der Waals surface area contributed by atoms with Crippen molar-refractivity contribution in [2.45, 2.75) is 18.4 Å². The van der Waals surface area contributed by atoms with Gasteiger partial charge in [-0.05, 0) is 24.3 Å². The number of halogens is 3. The minimum atomic E-state index is -3.40. The molecule has 0 amide bonds. The molecule has 3 nitrogen and oxygen atoms in total. The largest absolute Gasteiger partial charge is 0.374 e. The molecule has 6 heteroatoms. The summed E-state index contributed by atoms with van der Waals surface area (Å²) in [7, 11) is 0. The molecule has 0 spiro atoms. The highest BCUT2D eigenvalue weighted by atomic mass is 35.5. The van der Waals surface area contributed by atoms with Crippen LogP contribution in [0.5, 0.6) is 0 Å². The fourth-order valence-corrected chi connectivity index (χ4v) is 2.64. The van der Waals surface area contributed by atoms with E-state index in [1.54, 1.807) is 12.1 Å². The zero-order chi connectivity index (χ0) is 14.5. The van der Waals surface area contributed by atoms with Gasteiger partial charge in [0, 0.05) is 35.0 Å². The van der Waals surface area contributed by atoms with E-state index < -0.39 is 11.5 Å². The van der Waals surface area contributed by atoms with E-state index in [1.165, 1.54) is 24.4 Å². The van der Waals surface area contributed by atoms with E-state index in [2.05, 4.69) is 10.3 Å². The van der Waals surface area contributed by atoms with Gasteiger partial charge in [-0.2, -0.15) is 0 Å². The van der Waals surface area contributed by atoms with Crippen molar-refractivity contribution in [3.05, 3.63) is 52.7 Å². The van der Waals surface area contributed by atoms with Crippen molar-refractivity contribution in [3.63, 3.8) is 0 Å². The normalized spacial score (nSPS) is 20.9. The lowest BCUT2D eigenvalue weighted by Crippen LogP contribution is -2.46. The lowest BCUT2D eigenvalue weighted by molar-refractivity contribution is -0.151. The minimum Gasteiger partial charge on any atom is -0.374 e. The third-order valence-electron chi connectivity index (χ3n) is 3.46. The number of rotatable bonds is 1. The quantitative estimate of drug-likeness (QED) is 0.844. The molecule has 3 rings (SSSR count). The van der Waals surface area contributed by atoms with Crippen LogP contribution in [0.25, 0.3) is 0 Å². The Hall–Kier alpha value is -1.72. The van der Waals surface area contributed by atoms with Crippen LogP contribution in [0.3, 0.4) is 0 Å². The summed E-state index contributed by atoms with van der Waals surface area (Å²) < 4.78 is 28.3. The van der Waals surface area contributed by atoms with Gasteiger partial charge in [-0.1, -0.05) is 17.7 Å². The molecule has 1 unspecified atom stereocenters. The van der Waals surface area contributed by atoms with Gasteiger partial charge in [0.15, 0.2) is 5.60 Å². The van der Waals surface area contributed by atoms with Gasteiger partial charge in [0.1, 0.15) is 5.82 Å². The van der Waals surface area contributed by atoms with Gasteiger partial charge in [-0.25, -0.2) is 13.8 Å². The number of aromatic nitrogens is 1. The van der Waals surface area contributed by atoms with Crippen LogP contribution in [0.15, 0.2) is 36.5 Å². The topological polar surface area (TPSA) is 45.1 Å². The van der Waals surface area contributed by atoms with Crippen LogP contribution < -0.4 is 5.32 Å². The first-order chi connectivity index (χ1) is 9.34. The standard InChI is InChI=1S/C14H11ClF2N2O/c1-13(16,17)14(20)9-3-2-6-18-12(9)19-11-5-4-8(15)7-10(11)14/h2-7,20H,1H3,(H,18,19). The molecule has 104 valence electrons. The zero-order valence-electron chi connectivity index (χ0n) is 10.5. The predicted octanol–water partition coefficient (Wildman–Crippen LogP) is 3.68. The number of anilines is 2. The van der Waals surface area contributed by atoms with Crippen LogP contribution in [0, 0.1) is 0 Å². The molecule has 0 fully saturated rings. The number of alkyl halides is 2. The Bertz CT molecular complexity index is 687. The van der Waals surface area contributed by atoms with E-state index in [0.717, 1.165) is 0 Å². The van der Waals surface area contributed by atoms with E-state index in [4.69, 9.17) is 11.6 Å². The lowest BCUT2D eigenvalue weighted by atomic mass is 9.78. The fraction of sp³-hybridized carbons (Fsp3) is 0.214. The number of hydrogen-bond donors (Lipinski definition) is 2. The summed E-state index contributed by atoms with van der Waals surface area (Å²) in [4.78, 5) is 4.01. The highest BCUT2D eigenvalue weighted by molar-refractivity contribution is 6.30. The number of aliphatic hydroxyl groups is 1. The average Bonchev–Trinajstić information content (AvgIpc) is 2.39. The van der Waals surface area contributed by atoms with Crippen LogP contribution in [0.4, 0.5) is 20.3 Å². The first-order valence-electron chi connectivity index (χ1n) is 5.97. The van der Waals surface area contributed by atoms with Gasteiger partial charge in [-0.15, -0.1) is 0 Å². The SMILES string of the molecule is CC(F)(F)C1(O)c2cc(Cl)ccc2Nc2ncccc21. The molecule has 2 heterocycles. The molecule has 2 aromatic rings. The summed E-state index contributed by atoms with van der Waals surface area (Å²) in [6.07, 6.45) is 1.47. The van der Waals surface area contributed by atoms with Crippen molar-refractivity contribution in [2.75, 3.05) is 5.32 Å². The smallest absolute Gasteiger partial charge is 0.282 e. The molecule has 1 aromatic carbocycles. The predicted molar refractivity (Wildman–Crippen MR) is 72.6 cm³/mol. The molecule has 0 saturated carbocycles. The van der Waals surface area contributed by atoms with Crippen LogP contribution in [-0.2, 0) is 5.60 Å². The summed E-state index contributed by atoms with van der Waals surface area (Å²) in [5.41, 5.74) is -2.04. The molecule has 1 aromatic heterocycles. The molecular formula is C14H11ClF2N2O. The second-order valence-electron chi connectivity index (χ2n) is 4.81. The fourth-order valence-electron chi connectivity index (χ4n) is 2.47. The van der Waals surface area contributed by atoms with Crippen LogP contribution in [-0.4, -0.2) is 16.0 Å². The van der Waals surface area contributed by atoms with Gasteiger partial charge in [0.2, 0.25) is 0 Å². The molecule has 2 N–H and O–H groups in total. The van der Waals surface area contributed by atoms with Crippen LogP contribution >= 0.6 is 11.6 Å². The van der Waals surface area contributed by atoms with Crippen molar-refractivity contribution < 1.29 is 13.9 Å². The van der Waals surface area contributed by atoms with Crippen molar-refractivity contribution in [3.8, 4) is 0 Å². The van der Waals surface area contributed by atoms with Gasteiger partial charge in [-0.3, -0.25) is 0 Å². The number of hydrogen-bond acceptors (Lipinski definition) is 3. The molecular weight excluding hydrogens is 286 g/mol. The van der Waals surface area contributed by atoms with Crippen molar-refractivity contribution in [1.29, 1.82) is 0 Å². The Morgan fingerprint density at radius 3 is 2.75 bits per heavy atom. The number of nitrogens with zero attached hydrogens (tertiary/aromatic N) is 1. The first kappa shape index (κ1) is 13.3. The zero-order valence-corrected chi connectivity index (χ0v) is 11.2. The maximum absolute atomic E-state index is 14.1. The van der Waals surface area contributed by atoms with E-state index in [1.807, 2.05) is 0 Å². The Labute approximate surface area is 119 Å². The maximum Gasteiger partial charge on any atom is 0.282 e. The van der Waals surface area contributed by atoms with E-state index in [9.17, 15) is 13.9 Å². The number of benzene rings is 1. The molecule has 1 aliphatic heterocycles. The molecule has 0 saturated heterocycles. The second-order valence-corrected chi connectivity index (χ2v) is 5.25. The summed E-state index contributed by atoms with van der Waals surface area (Å²) in [5.74, 6) is -3.18. The highest BCUT2D eigenvalue weighted by Crippen LogP contribution is 2.51. The number of nitrogens with one attached hydrogen (secondary N) is 1. The van der Waals surface area contributed by atoms with Crippen molar-refractivity contribution >= 4 is 23.1 Å². The average molecular weight is 297 g/mol. The van der Waals surface area contributed by atoms with E-state index >= 15 is 0 Å². The summed E-state index contributed by atoms with van der Waals surface area (Å²) >= 11 is 5.88. The molecule has 0 bridgehead atoms. The molecule has 0 radical (unpaired) electrons. The maximum atomic E-state index is 14.1. The number of pyridine rings is 1. The monoisotopic (exact) mass is 296 g/mol. The molecule has 1 atom stereocenters. The molecule has 20 heavy (non-hydrogen) atoms. The van der Waals surface area contributed by atoms with E-state index in [0.29, 0.717) is 12.6 Å². The Morgan fingerprint density at radius 1 is 1.30 bits per heavy atom. The Kier molecular flexibility index (Phi) is 2.74. The first-order valence-corrected chi connectivity index (χ1v) is 6.34. The van der Waals surface area contributed by atoms with E-state index in [-0.39, 0.29) is 22.0 Å². The number of fused-ring (bicyclic) bond motifs is 2. The Balaban J connectivity index is 2.36. The van der Waals surface area contributed by atoms with Gasteiger partial charge in [0.05, 0.1) is 0 Å². The van der Waals surface area contributed by atoms with Gasteiger partial charge in [0.25, 0.3) is 5.92 Å². The Morgan fingerprint density at radius 2 is 2.05 bits per heavy atom. The van der Waals surface area contributed by atoms with Crippen molar-refractivity contribution in [2.24, 2.45) is 0 Å². The van der Waals surface area contributed by atoms with Gasteiger partial charge < -0.3 is 10.4 Å². The third kappa shape index (κ3) is 1.70. The lowest BCUT2D eigenvalue weighted by Gasteiger charge is -2.39.